The molecule has 1 aromatic carbocycles. The number of carbonyl (C=O) groups is 1. The van der Waals surface area contributed by atoms with E-state index < -0.39 is 29.6 Å². The molecule has 0 bridgehead atoms. The van der Waals surface area contributed by atoms with Gasteiger partial charge in [-0.1, -0.05) is 0 Å². The molecule has 1 aliphatic heterocycles. The predicted octanol–water partition coefficient (Wildman–Crippen LogP) is 3.28. The van der Waals surface area contributed by atoms with Gasteiger partial charge in [0, 0.05) is 30.8 Å². The Morgan fingerprint density at radius 3 is 2.33 bits per heavy atom. The van der Waals surface area contributed by atoms with Gasteiger partial charge in [0.05, 0.1) is 0 Å². The molecule has 0 spiro atoms. The molecule has 1 amide bonds. The lowest BCUT2D eigenvalue weighted by Crippen LogP contribution is -2.38. The Morgan fingerprint density at radius 1 is 1.03 bits per heavy atom. The van der Waals surface area contributed by atoms with Crippen LogP contribution < -0.4 is 10.2 Å². The largest absolute Gasteiger partial charge is 0.453 e. The van der Waals surface area contributed by atoms with E-state index in [1.54, 1.807) is 11.0 Å². The first-order valence-electron chi connectivity index (χ1n) is 9.02. The molecule has 0 atom stereocenters. The van der Waals surface area contributed by atoms with Crippen LogP contribution in [0.4, 0.5) is 33.5 Å². The molecule has 3 aromatic rings. The van der Waals surface area contributed by atoms with Crippen LogP contribution in [0.5, 0.6) is 0 Å². The molecule has 12 heteroatoms. The average molecular weight is 426 g/mol. The number of piperidine rings is 1. The molecule has 0 unspecified atom stereocenters. The topological polar surface area (TPSA) is 75.4 Å². The van der Waals surface area contributed by atoms with Gasteiger partial charge >= 0.3 is 6.18 Å². The van der Waals surface area contributed by atoms with Crippen molar-refractivity contribution in [2.75, 3.05) is 23.3 Å². The number of alkyl halides is 3. The second-order valence-electron chi connectivity index (χ2n) is 6.89. The Labute approximate surface area is 166 Å². The summed E-state index contributed by atoms with van der Waals surface area (Å²) in [5, 5.41) is 13.1. The number of hydrogen-bond donors (Lipinski definition) is 1. The molecule has 4 rings (SSSR count). The van der Waals surface area contributed by atoms with E-state index >= 15 is 0 Å². The molecule has 0 radical (unpaired) electrons. The second-order valence-corrected chi connectivity index (χ2v) is 6.89. The summed E-state index contributed by atoms with van der Waals surface area (Å²) in [5.41, 5.74) is 0.00185. The molecule has 1 fully saturated rings. The summed E-state index contributed by atoms with van der Waals surface area (Å²) in [6.45, 7) is 0.745. The van der Waals surface area contributed by atoms with E-state index in [0.717, 1.165) is 12.1 Å². The Morgan fingerprint density at radius 2 is 1.70 bits per heavy atom. The third kappa shape index (κ3) is 4.02. The first-order valence-corrected chi connectivity index (χ1v) is 9.02. The van der Waals surface area contributed by atoms with E-state index in [9.17, 15) is 26.7 Å². The zero-order valence-electron chi connectivity index (χ0n) is 15.3. The minimum absolute atomic E-state index is 0.0253. The SMILES string of the molecule is O=C(Nc1cc(F)cc(F)c1)C1CCN(c2ccc3nnc(C(F)(F)F)n3n2)CC1. The van der Waals surface area contributed by atoms with Crippen molar-refractivity contribution in [2.24, 2.45) is 5.92 Å². The summed E-state index contributed by atoms with van der Waals surface area (Å²) in [6.07, 6.45) is -3.89. The highest BCUT2D eigenvalue weighted by molar-refractivity contribution is 5.92. The number of anilines is 2. The summed E-state index contributed by atoms with van der Waals surface area (Å²) in [6, 6.07) is 5.68. The summed E-state index contributed by atoms with van der Waals surface area (Å²) in [7, 11) is 0. The number of fused-ring (bicyclic) bond motifs is 1. The minimum atomic E-state index is -4.69. The summed E-state index contributed by atoms with van der Waals surface area (Å²) < 4.78 is 66.2. The molecular formula is C18H15F5N6O. The Bertz CT molecular complexity index is 1070. The molecule has 0 aliphatic carbocycles. The number of halogens is 5. The number of aromatic nitrogens is 4. The van der Waals surface area contributed by atoms with Gasteiger partial charge in [0.15, 0.2) is 5.65 Å². The number of nitrogens with one attached hydrogen (secondary N) is 1. The van der Waals surface area contributed by atoms with Gasteiger partial charge in [-0.2, -0.15) is 17.7 Å². The molecule has 7 nitrogen and oxygen atoms in total. The molecule has 1 saturated heterocycles. The van der Waals surface area contributed by atoms with Crippen LogP contribution >= 0.6 is 0 Å². The lowest BCUT2D eigenvalue weighted by Gasteiger charge is -2.32. The smallest absolute Gasteiger partial charge is 0.355 e. The van der Waals surface area contributed by atoms with Gasteiger partial charge in [-0.3, -0.25) is 4.79 Å². The van der Waals surface area contributed by atoms with Gasteiger partial charge in [0.25, 0.3) is 5.82 Å². The maximum absolute atomic E-state index is 13.3. The van der Waals surface area contributed by atoms with Crippen molar-refractivity contribution in [1.82, 2.24) is 19.8 Å². The van der Waals surface area contributed by atoms with Gasteiger partial charge < -0.3 is 10.2 Å². The van der Waals surface area contributed by atoms with Crippen LogP contribution in [0.15, 0.2) is 30.3 Å². The van der Waals surface area contributed by atoms with E-state index in [2.05, 4.69) is 20.6 Å². The second kappa shape index (κ2) is 7.50. The molecule has 158 valence electrons. The highest BCUT2D eigenvalue weighted by Gasteiger charge is 2.38. The third-order valence-electron chi connectivity index (χ3n) is 4.82. The van der Waals surface area contributed by atoms with E-state index in [1.165, 1.54) is 6.07 Å². The van der Waals surface area contributed by atoms with Crippen LogP contribution in [0.1, 0.15) is 18.7 Å². The van der Waals surface area contributed by atoms with Crippen molar-refractivity contribution < 1.29 is 26.7 Å². The van der Waals surface area contributed by atoms with Crippen molar-refractivity contribution in [1.29, 1.82) is 0 Å². The Balaban J connectivity index is 1.43. The van der Waals surface area contributed by atoms with Crippen molar-refractivity contribution in [3.05, 3.63) is 47.8 Å². The van der Waals surface area contributed by atoms with Crippen molar-refractivity contribution in [3.8, 4) is 0 Å². The Kier molecular flexibility index (Phi) is 5.00. The normalized spacial score (nSPS) is 15.6. The molecule has 2 aromatic heterocycles. The fourth-order valence-corrected chi connectivity index (χ4v) is 3.37. The Hall–Kier alpha value is -3.31. The average Bonchev–Trinajstić information content (AvgIpc) is 3.11. The number of hydrogen-bond acceptors (Lipinski definition) is 5. The van der Waals surface area contributed by atoms with Crippen molar-refractivity contribution in [2.45, 2.75) is 19.0 Å². The van der Waals surface area contributed by atoms with E-state index in [4.69, 9.17) is 0 Å². The highest BCUT2D eigenvalue weighted by atomic mass is 19.4. The van der Waals surface area contributed by atoms with Crippen LogP contribution in [-0.2, 0) is 11.0 Å². The van der Waals surface area contributed by atoms with Crippen molar-refractivity contribution >= 4 is 23.1 Å². The van der Waals surface area contributed by atoms with Gasteiger partial charge in [-0.15, -0.1) is 15.3 Å². The van der Waals surface area contributed by atoms with Gasteiger partial charge in [-0.25, -0.2) is 8.78 Å². The zero-order valence-corrected chi connectivity index (χ0v) is 15.3. The van der Waals surface area contributed by atoms with Crippen molar-refractivity contribution in [3.63, 3.8) is 0 Å². The number of benzene rings is 1. The minimum Gasteiger partial charge on any atom is -0.355 e. The molecule has 30 heavy (non-hydrogen) atoms. The predicted molar refractivity (Wildman–Crippen MR) is 95.7 cm³/mol. The lowest BCUT2D eigenvalue weighted by molar-refractivity contribution is -0.146. The van der Waals surface area contributed by atoms with Crippen LogP contribution in [-0.4, -0.2) is 38.8 Å². The fourth-order valence-electron chi connectivity index (χ4n) is 3.37. The number of carbonyl (C=O) groups excluding carboxylic acids is 1. The van der Waals surface area contributed by atoms with Crippen LogP contribution in [0.2, 0.25) is 0 Å². The zero-order chi connectivity index (χ0) is 21.5. The van der Waals surface area contributed by atoms with Crippen LogP contribution in [0, 0.1) is 17.6 Å². The van der Waals surface area contributed by atoms with E-state index in [0.29, 0.717) is 42.3 Å². The number of amides is 1. The molecular weight excluding hydrogens is 411 g/mol. The molecule has 1 aliphatic rings. The summed E-state index contributed by atoms with van der Waals surface area (Å²) in [4.78, 5) is 14.1. The van der Waals surface area contributed by atoms with Gasteiger partial charge in [-0.05, 0) is 37.1 Å². The van der Waals surface area contributed by atoms with Crippen LogP contribution in [0.25, 0.3) is 5.65 Å². The first-order chi connectivity index (χ1) is 14.2. The number of nitrogens with zero attached hydrogens (tertiary/aromatic N) is 5. The summed E-state index contributed by atoms with van der Waals surface area (Å²) in [5.74, 6) is -3.28. The monoisotopic (exact) mass is 426 g/mol. The van der Waals surface area contributed by atoms with E-state index in [1.807, 2.05) is 0 Å². The van der Waals surface area contributed by atoms with Gasteiger partial charge in [0.2, 0.25) is 5.91 Å². The van der Waals surface area contributed by atoms with Gasteiger partial charge in [0.1, 0.15) is 17.5 Å². The quantitative estimate of drug-likeness (QED) is 0.651. The first kappa shape index (κ1) is 20.0. The maximum atomic E-state index is 13.3. The number of rotatable bonds is 3. The molecule has 1 N–H and O–H groups in total. The summed E-state index contributed by atoms with van der Waals surface area (Å²) >= 11 is 0. The van der Waals surface area contributed by atoms with Crippen LogP contribution in [0.3, 0.4) is 0 Å². The highest BCUT2D eigenvalue weighted by Crippen LogP contribution is 2.29. The third-order valence-corrected chi connectivity index (χ3v) is 4.82. The fraction of sp³-hybridized carbons (Fsp3) is 0.333. The van der Waals surface area contributed by atoms with E-state index in [-0.39, 0.29) is 17.2 Å². The molecule has 0 saturated carbocycles. The lowest BCUT2D eigenvalue weighted by atomic mass is 9.96. The molecule has 3 heterocycles. The standard InChI is InChI=1S/C18H15F5N6O/c19-11-7-12(20)9-13(8-11)24-16(30)10-3-5-28(6-4-10)15-2-1-14-25-26-17(18(21,22)23)29(14)27-15/h1-2,7-10H,3-6H2,(H,24,30). The maximum Gasteiger partial charge on any atom is 0.453 e.